The summed E-state index contributed by atoms with van der Waals surface area (Å²) in [5.41, 5.74) is 0. The van der Waals surface area contributed by atoms with Crippen molar-refractivity contribution in [2.24, 2.45) is 0 Å². The molecule has 1 unspecified atom stereocenters. The number of rotatable bonds is 43. The minimum Gasteiger partial charge on any atom is -0.462 e. The molecule has 1 atom stereocenters. The fourth-order valence-electron chi connectivity index (χ4n) is 6.55. The van der Waals surface area contributed by atoms with Crippen LogP contribution in [0.3, 0.4) is 0 Å². The van der Waals surface area contributed by atoms with E-state index in [9.17, 15) is 14.4 Å². The lowest BCUT2D eigenvalue weighted by atomic mass is 10.1. The summed E-state index contributed by atoms with van der Waals surface area (Å²) >= 11 is 0. The molecule has 0 aromatic carbocycles. The maximum atomic E-state index is 12.7. The molecule has 60 heavy (non-hydrogen) atoms. The van der Waals surface area contributed by atoms with Gasteiger partial charge in [0.05, 0.1) is 0 Å². The van der Waals surface area contributed by atoms with Crippen LogP contribution in [0.1, 0.15) is 220 Å². The maximum absolute atomic E-state index is 12.7. The van der Waals surface area contributed by atoms with Gasteiger partial charge in [-0.25, -0.2) is 0 Å². The summed E-state index contributed by atoms with van der Waals surface area (Å²) in [6, 6.07) is 0. The second-order valence-electron chi connectivity index (χ2n) is 16.0. The molecule has 0 radical (unpaired) electrons. The summed E-state index contributed by atoms with van der Waals surface area (Å²) in [7, 11) is 0. The molecule has 0 heterocycles. The summed E-state index contributed by atoms with van der Waals surface area (Å²) in [6.45, 7) is 6.34. The highest BCUT2D eigenvalue weighted by atomic mass is 16.6. The van der Waals surface area contributed by atoms with E-state index in [4.69, 9.17) is 14.2 Å². The van der Waals surface area contributed by atoms with E-state index in [2.05, 4.69) is 106 Å². The highest BCUT2D eigenvalue weighted by Gasteiger charge is 2.19. The molecule has 6 nitrogen and oxygen atoms in total. The maximum Gasteiger partial charge on any atom is 0.306 e. The Labute approximate surface area is 369 Å². The minimum atomic E-state index is -0.790. The van der Waals surface area contributed by atoms with E-state index in [0.29, 0.717) is 19.3 Å². The third kappa shape index (κ3) is 45.7. The van der Waals surface area contributed by atoms with Gasteiger partial charge in [-0.15, -0.1) is 0 Å². The van der Waals surface area contributed by atoms with Crippen molar-refractivity contribution in [2.75, 3.05) is 13.2 Å². The largest absolute Gasteiger partial charge is 0.462 e. The standard InChI is InChI=1S/C54H90O6/c1-4-7-10-13-16-19-22-24-25-26-27-28-29-31-32-35-38-41-44-47-53(56)59-50-51(49-58-52(55)46-43-40-37-34-21-18-15-12-9-6-3)60-54(57)48-45-42-39-36-33-30-23-20-17-14-11-8-5-2/h7-8,10-11,14,16-17,19-20,23-25,27-28,51H,4-6,9,12-13,15,18,21-22,26,29-50H2,1-3H3/b10-7-,11-8-,17-14-,19-16-,23-20-,25-24-,28-27-. The molecular weight excluding hydrogens is 745 g/mol. The average molecular weight is 835 g/mol. The molecule has 0 aliphatic heterocycles. The molecule has 0 aromatic rings. The van der Waals surface area contributed by atoms with E-state index in [1.165, 1.54) is 57.8 Å². The van der Waals surface area contributed by atoms with Crippen LogP contribution < -0.4 is 0 Å². The van der Waals surface area contributed by atoms with Gasteiger partial charge in [-0.1, -0.05) is 209 Å². The fraction of sp³-hybridized carbons (Fsp3) is 0.685. The Morgan fingerprint density at radius 1 is 0.367 bits per heavy atom. The Morgan fingerprint density at radius 2 is 0.733 bits per heavy atom. The van der Waals surface area contributed by atoms with Gasteiger partial charge >= 0.3 is 17.9 Å². The zero-order valence-corrected chi connectivity index (χ0v) is 38.9. The first kappa shape index (κ1) is 56.6. The fourth-order valence-corrected chi connectivity index (χ4v) is 6.55. The SMILES string of the molecule is CC\C=C/C=C\C=C/CCCCCCCC(=O)OC(COC(=O)CCCCCCCC/C=C\C/C=C\C/C=C\C/C=C\CC)COC(=O)CCCCCCCCCCCC. The van der Waals surface area contributed by atoms with Crippen molar-refractivity contribution in [3.05, 3.63) is 85.1 Å². The summed E-state index contributed by atoms with van der Waals surface area (Å²) < 4.78 is 16.7. The zero-order chi connectivity index (χ0) is 43.7. The van der Waals surface area contributed by atoms with E-state index in [1.54, 1.807) is 0 Å². The molecule has 0 saturated carbocycles. The van der Waals surface area contributed by atoms with Crippen molar-refractivity contribution in [2.45, 2.75) is 226 Å². The van der Waals surface area contributed by atoms with Gasteiger partial charge in [0.25, 0.3) is 0 Å². The van der Waals surface area contributed by atoms with Crippen LogP contribution in [0.4, 0.5) is 0 Å². The number of unbranched alkanes of at least 4 members (excludes halogenated alkanes) is 20. The first-order valence-electron chi connectivity index (χ1n) is 24.6. The molecule has 0 aliphatic rings. The lowest BCUT2D eigenvalue weighted by Crippen LogP contribution is -2.30. The van der Waals surface area contributed by atoms with Crippen molar-refractivity contribution in [1.82, 2.24) is 0 Å². The number of hydrogen-bond donors (Lipinski definition) is 0. The molecular formula is C54H90O6. The quantitative estimate of drug-likeness (QED) is 0.0200. The average Bonchev–Trinajstić information content (AvgIpc) is 3.24. The van der Waals surface area contributed by atoms with Gasteiger partial charge in [-0.05, 0) is 77.0 Å². The van der Waals surface area contributed by atoms with Crippen LogP contribution in [-0.4, -0.2) is 37.2 Å². The Bertz CT molecular complexity index is 1190. The molecule has 0 saturated heterocycles. The lowest BCUT2D eigenvalue weighted by molar-refractivity contribution is -0.167. The molecule has 342 valence electrons. The van der Waals surface area contributed by atoms with Crippen LogP contribution in [-0.2, 0) is 28.6 Å². The molecule has 0 aliphatic carbocycles. The smallest absolute Gasteiger partial charge is 0.306 e. The van der Waals surface area contributed by atoms with Gasteiger partial charge in [0.2, 0.25) is 0 Å². The van der Waals surface area contributed by atoms with E-state index in [1.807, 2.05) is 0 Å². The Balaban J connectivity index is 4.39. The molecule has 6 heteroatoms. The van der Waals surface area contributed by atoms with Crippen LogP contribution in [0.2, 0.25) is 0 Å². The highest BCUT2D eigenvalue weighted by Crippen LogP contribution is 2.14. The van der Waals surface area contributed by atoms with Crippen LogP contribution in [0.5, 0.6) is 0 Å². The predicted octanol–water partition coefficient (Wildman–Crippen LogP) is 16.0. The summed E-state index contributed by atoms with van der Waals surface area (Å²) in [5.74, 6) is -0.929. The van der Waals surface area contributed by atoms with Crippen molar-refractivity contribution in [1.29, 1.82) is 0 Å². The summed E-state index contributed by atoms with van der Waals surface area (Å²) in [5, 5.41) is 0. The number of esters is 3. The number of ether oxygens (including phenoxy) is 3. The number of allylic oxidation sites excluding steroid dienone is 14. The third-order valence-electron chi connectivity index (χ3n) is 10.2. The van der Waals surface area contributed by atoms with Crippen LogP contribution in [0.15, 0.2) is 85.1 Å². The minimum absolute atomic E-state index is 0.0892. The van der Waals surface area contributed by atoms with Gasteiger partial charge in [0.15, 0.2) is 6.10 Å². The molecule has 0 amide bonds. The summed E-state index contributed by atoms with van der Waals surface area (Å²) in [6.07, 6.45) is 61.4. The topological polar surface area (TPSA) is 78.9 Å². The van der Waals surface area contributed by atoms with Crippen molar-refractivity contribution in [3.8, 4) is 0 Å². The van der Waals surface area contributed by atoms with E-state index in [0.717, 1.165) is 122 Å². The third-order valence-corrected chi connectivity index (χ3v) is 10.2. The molecule has 0 N–H and O–H groups in total. The molecule has 0 rings (SSSR count). The first-order valence-corrected chi connectivity index (χ1v) is 24.6. The number of carbonyl (C=O) groups is 3. The van der Waals surface area contributed by atoms with Gasteiger partial charge in [-0.2, -0.15) is 0 Å². The van der Waals surface area contributed by atoms with Crippen LogP contribution in [0.25, 0.3) is 0 Å². The zero-order valence-electron chi connectivity index (χ0n) is 38.9. The first-order chi connectivity index (χ1) is 29.5. The Kier molecular flexibility index (Phi) is 45.5. The molecule has 0 fully saturated rings. The predicted molar refractivity (Wildman–Crippen MR) is 256 cm³/mol. The Morgan fingerprint density at radius 3 is 1.20 bits per heavy atom. The summed E-state index contributed by atoms with van der Waals surface area (Å²) in [4.78, 5) is 37.8. The normalized spacial score (nSPS) is 12.8. The molecule has 0 aromatic heterocycles. The van der Waals surface area contributed by atoms with Crippen LogP contribution >= 0.6 is 0 Å². The second kappa shape index (κ2) is 48.3. The lowest BCUT2D eigenvalue weighted by Gasteiger charge is -2.18. The van der Waals surface area contributed by atoms with Crippen molar-refractivity contribution >= 4 is 17.9 Å². The number of hydrogen-bond acceptors (Lipinski definition) is 6. The van der Waals surface area contributed by atoms with Gasteiger partial charge in [0.1, 0.15) is 13.2 Å². The van der Waals surface area contributed by atoms with E-state index in [-0.39, 0.29) is 31.1 Å². The molecule has 0 spiro atoms. The van der Waals surface area contributed by atoms with Gasteiger partial charge in [0, 0.05) is 19.3 Å². The highest BCUT2D eigenvalue weighted by molar-refractivity contribution is 5.71. The van der Waals surface area contributed by atoms with Crippen molar-refractivity contribution in [3.63, 3.8) is 0 Å². The monoisotopic (exact) mass is 835 g/mol. The molecule has 0 bridgehead atoms. The van der Waals surface area contributed by atoms with Gasteiger partial charge in [-0.3, -0.25) is 14.4 Å². The van der Waals surface area contributed by atoms with Gasteiger partial charge < -0.3 is 14.2 Å². The van der Waals surface area contributed by atoms with E-state index < -0.39 is 6.10 Å². The Hall–Kier alpha value is -3.41. The second-order valence-corrected chi connectivity index (χ2v) is 16.0. The number of carbonyl (C=O) groups excluding carboxylic acids is 3. The van der Waals surface area contributed by atoms with Crippen molar-refractivity contribution < 1.29 is 28.6 Å². The van der Waals surface area contributed by atoms with E-state index >= 15 is 0 Å². The van der Waals surface area contributed by atoms with Crippen LogP contribution in [0, 0.1) is 0 Å².